The quantitative estimate of drug-likeness (QED) is 0.807. The van der Waals surface area contributed by atoms with E-state index in [0.717, 1.165) is 18.0 Å². The van der Waals surface area contributed by atoms with E-state index in [0.29, 0.717) is 6.04 Å². The lowest BCUT2D eigenvalue weighted by atomic mass is 9.92. The highest BCUT2D eigenvalue weighted by molar-refractivity contribution is 5.78. The van der Waals surface area contributed by atoms with E-state index in [-0.39, 0.29) is 0 Å². The lowest BCUT2D eigenvalue weighted by Gasteiger charge is -2.28. The molecule has 1 fully saturated rings. The predicted octanol–water partition coefficient (Wildman–Crippen LogP) is 3.30. The molecule has 0 aliphatic carbocycles. The number of benzene rings is 1. The van der Waals surface area contributed by atoms with Crippen LogP contribution in [0.3, 0.4) is 0 Å². The Labute approximate surface area is 102 Å². The highest BCUT2D eigenvalue weighted by Crippen LogP contribution is 2.26. The molecule has 2 aromatic rings. The number of hydrogen-bond donors (Lipinski definition) is 1. The summed E-state index contributed by atoms with van der Waals surface area (Å²) in [4.78, 5) is 4.54. The molecule has 88 valence electrons. The zero-order valence-corrected chi connectivity index (χ0v) is 10.2. The van der Waals surface area contributed by atoms with Crippen LogP contribution in [0.5, 0.6) is 0 Å². The van der Waals surface area contributed by atoms with Crippen molar-refractivity contribution in [1.82, 2.24) is 10.3 Å². The van der Waals surface area contributed by atoms with Gasteiger partial charge in [0.15, 0.2) is 0 Å². The number of hydrogen-bond acceptors (Lipinski definition) is 2. The van der Waals surface area contributed by atoms with E-state index in [1.54, 1.807) is 0 Å². The Morgan fingerprint density at radius 2 is 2.12 bits per heavy atom. The summed E-state index contributed by atoms with van der Waals surface area (Å²) in [6, 6.07) is 11.1. The standard InChI is InChI=1S/C15H18N2/c1-11-6-7-15(16-9-11)13-8-12-4-2-3-5-14(12)17-10-13/h2-5,8,10-11,15-16H,6-7,9H2,1H3/t11-,15+/m0/s1. The Bertz CT molecular complexity index is 513. The first-order valence-corrected chi connectivity index (χ1v) is 6.41. The molecule has 0 saturated carbocycles. The minimum atomic E-state index is 0.489. The summed E-state index contributed by atoms with van der Waals surface area (Å²) in [6.07, 6.45) is 4.56. The van der Waals surface area contributed by atoms with Crippen molar-refractivity contribution in [2.45, 2.75) is 25.8 Å². The van der Waals surface area contributed by atoms with E-state index >= 15 is 0 Å². The molecule has 1 aliphatic heterocycles. The summed E-state index contributed by atoms with van der Waals surface area (Å²) < 4.78 is 0. The van der Waals surface area contributed by atoms with Crippen LogP contribution >= 0.6 is 0 Å². The maximum absolute atomic E-state index is 4.54. The van der Waals surface area contributed by atoms with Gasteiger partial charge in [-0.2, -0.15) is 0 Å². The smallest absolute Gasteiger partial charge is 0.0702 e. The normalized spacial score (nSPS) is 25.0. The average molecular weight is 226 g/mol. The SMILES string of the molecule is C[C@H]1CC[C@H](c2cnc3ccccc3c2)NC1. The largest absolute Gasteiger partial charge is 0.310 e. The third kappa shape index (κ3) is 2.18. The fraction of sp³-hybridized carbons (Fsp3) is 0.400. The maximum Gasteiger partial charge on any atom is 0.0702 e. The molecule has 1 N–H and O–H groups in total. The molecule has 0 radical (unpaired) electrons. The van der Waals surface area contributed by atoms with Gasteiger partial charge in [-0.15, -0.1) is 0 Å². The maximum atomic E-state index is 4.54. The van der Waals surface area contributed by atoms with Crippen molar-refractivity contribution in [3.63, 3.8) is 0 Å². The zero-order valence-electron chi connectivity index (χ0n) is 10.2. The summed E-state index contributed by atoms with van der Waals surface area (Å²) in [6.45, 7) is 3.43. The van der Waals surface area contributed by atoms with Crippen LogP contribution in [0.25, 0.3) is 10.9 Å². The topological polar surface area (TPSA) is 24.9 Å². The average Bonchev–Trinajstić information content (AvgIpc) is 2.39. The first-order valence-electron chi connectivity index (χ1n) is 6.41. The summed E-state index contributed by atoms with van der Waals surface area (Å²) in [5.41, 5.74) is 2.41. The number of fused-ring (bicyclic) bond motifs is 1. The first kappa shape index (κ1) is 10.7. The van der Waals surface area contributed by atoms with Crippen LogP contribution in [0.15, 0.2) is 36.5 Å². The molecule has 2 nitrogen and oxygen atoms in total. The van der Waals surface area contributed by atoms with E-state index in [1.165, 1.54) is 23.8 Å². The minimum absolute atomic E-state index is 0.489. The molecule has 0 amide bonds. The van der Waals surface area contributed by atoms with Crippen LogP contribution in [0.1, 0.15) is 31.4 Å². The second-order valence-corrected chi connectivity index (χ2v) is 5.10. The van der Waals surface area contributed by atoms with E-state index in [2.05, 4.69) is 41.5 Å². The summed E-state index contributed by atoms with van der Waals surface area (Å²) >= 11 is 0. The molecule has 3 rings (SSSR count). The van der Waals surface area contributed by atoms with Gasteiger partial charge < -0.3 is 5.32 Å². The third-order valence-corrected chi connectivity index (χ3v) is 3.67. The van der Waals surface area contributed by atoms with Crippen LogP contribution in [-0.2, 0) is 0 Å². The summed E-state index contributed by atoms with van der Waals surface area (Å²) in [5.74, 6) is 0.805. The first-order chi connectivity index (χ1) is 8.33. The molecule has 1 saturated heterocycles. The molecular weight excluding hydrogens is 208 g/mol. The molecule has 1 aromatic heterocycles. The van der Waals surface area contributed by atoms with Gasteiger partial charge in [0.2, 0.25) is 0 Å². The van der Waals surface area contributed by atoms with Crippen molar-refractivity contribution in [2.75, 3.05) is 6.54 Å². The van der Waals surface area contributed by atoms with Crippen LogP contribution in [-0.4, -0.2) is 11.5 Å². The molecule has 0 bridgehead atoms. The molecular formula is C15H18N2. The van der Waals surface area contributed by atoms with Crippen molar-refractivity contribution in [3.8, 4) is 0 Å². The number of para-hydroxylation sites is 1. The number of piperidine rings is 1. The van der Waals surface area contributed by atoms with E-state index < -0.39 is 0 Å². The summed E-state index contributed by atoms with van der Waals surface area (Å²) in [5, 5.41) is 4.85. The Morgan fingerprint density at radius 1 is 1.24 bits per heavy atom. The van der Waals surface area contributed by atoms with Crippen molar-refractivity contribution in [1.29, 1.82) is 0 Å². The van der Waals surface area contributed by atoms with Gasteiger partial charge in [0.1, 0.15) is 0 Å². The van der Waals surface area contributed by atoms with Gasteiger partial charge in [0.25, 0.3) is 0 Å². The van der Waals surface area contributed by atoms with E-state index in [9.17, 15) is 0 Å². The molecule has 17 heavy (non-hydrogen) atoms. The van der Waals surface area contributed by atoms with Crippen molar-refractivity contribution in [2.24, 2.45) is 5.92 Å². The van der Waals surface area contributed by atoms with Crippen molar-refractivity contribution in [3.05, 3.63) is 42.1 Å². The Balaban J connectivity index is 1.90. The molecule has 2 heterocycles. The van der Waals surface area contributed by atoms with Crippen LogP contribution in [0, 0.1) is 5.92 Å². The number of nitrogens with one attached hydrogen (secondary N) is 1. The van der Waals surface area contributed by atoms with E-state index in [4.69, 9.17) is 0 Å². The van der Waals surface area contributed by atoms with Gasteiger partial charge in [-0.25, -0.2) is 0 Å². The van der Waals surface area contributed by atoms with Crippen molar-refractivity contribution >= 4 is 10.9 Å². The zero-order chi connectivity index (χ0) is 11.7. The van der Waals surface area contributed by atoms with Gasteiger partial charge in [-0.1, -0.05) is 25.1 Å². The summed E-state index contributed by atoms with van der Waals surface area (Å²) in [7, 11) is 0. The molecule has 1 aliphatic rings. The van der Waals surface area contributed by atoms with Crippen LogP contribution in [0.4, 0.5) is 0 Å². The third-order valence-electron chi connectivity index (χ3n) is 3.67. The van der Waals surface area contributed by atoms with Gasteiger partial charge in [0.05, 0.1) is 5.52 Å². The Hall–Kier alpha value is -1.41. The molecule has 0 spiro atoms. The monoisotopic (exact) mass is 226 g/mol. The van der Waals surface area contributed by atoms with Crippen LogP contribution < -0.4 is 5.32 Å². The fourth-order valence-electron chi connectivity index (χ4n) is 2.56. The second-order valence-electron chi connectivity index (χ2n) is 5.10. The highest BCUT2D eigenvalue weighted by Gasteiger charge is 2.19. The van der Waals surface area contributed by atoms with Gasteiger partial charge in [0, 0.05) is 17.6 Å². The lowest BCUT2D eigenvalue weighted by Crippen LogP contribution is -2.31. The van der Waals surface area contributed by atoms with Gasteiger partial charge in [-0.3, -0.25) is 4.98 Å². The minimum Gasteiger partial charge on any atom is -0.310 e. The molecule has 2 atom stereocenters. The predicted molar refractivity (Wildman–Crippen MR) is 70.9 cm³/mol. The fourth-order valence-corrected chi connectivity index (χ4v) is 2.56. The molecule has 2 heteroatoms. The second kappa shape index (κ2) is 4.46. The van der Waals surface area contributed by atoms with E-state index in [1.807, 2.05) is 12.3 Å². The number of aromatic nitrogens is 1. The molecule has 0 unspecified atom stereocenters. The lowest BCUT2D eigenvalue weighted by molar-refractivity contribution is 0.333. The number of rotatable bonds is 1. The van der Waals surface area contributed by atoms with Crippen molar-refractivity contribution < 1.29 is 0 Å². The molecule has 1 aromatic carbocycles. The van der Waals surface area contributed by atoms with Gasteiger partial charge >= 0.3 is 0 Å². The Morgan fingerprint density at radius 3 is 2.94 bits per heavy atom. The van der Waals surface area contributed by atoms with Gasteiger partial charge in [-0.05, 0) is 43.0 Å². The number of nitrogens with zero attached hydrogens (tertiary/aromatic N) is 1. The number of pyridine rings is 1. The highest BCUT2D eigenvalue weighted by atomic mass is 14.9. The Kier molecular flexibility index (Phi) is 2.81. The van der Waals surface area contributed by atoms with Crippen LogP contribution in [0.2, 0.25) is 0 Å².